The van der Waals surface area contributed by atoms with Crippen LogP contribution in [0.1, 0.15) is 37.6 Å². The smallest absolute Gasteiger partial charge is 0.161 e. The zero-order valence-electron chi connectivity index (χ0n) is 10.1. The van der Waals surface area contributed by atoms with Gasteiger partial charge in [0.15, 0.2) is 5.78 Å². The maximum atomic E-state index is 11.3. The van der Waals surface area contributed by atoms with Crippen molar-refractivity contribution >= 4 is 23.2 Å². The summed E-state index contributed by atoms with van der Waals surface area (Å²) in [5.41, 5.74) is 6.94. The molecule has 0 aliphatic carbocycles. The molecule has 0 atom stereocenters. The molecule has 0 fully saturated rings. The molecule has 0 saturated heterocycles. The van der Waals surface area contributed by atoms with Crippen molar-refractivity contribution in [2.24, 2.45) is 5.92 Å². The van der Waals surface area contributed by atoms with Crippen LogP contribution in [0.25, 0.3) is 0 Å². The molecule has 0 spiro atoms. The molecule has 1 rings (SSSR count). The molecule has 0 aliphatic rings. The molecule has 1 aromatic rings. The highest BCUT2D eigenvalue weighted by Crippen LogP contribution is 2.24. The SMILES string of the molecule is CC(=O)c1cc(SCCC(C)C)ccc1N. The van der Waals surface area contributed by atoms with E-state index in [1.807, 2.05) is 18.2 Å². The van der Waals surface area contributed by atoms with E-state index in [-0.39, 0.29) is 5.78 Å². The van der Waals surface area contributed by atoms with Gasteiger partial charge in [-0.05, 0) is 43.2 Å². The first-order chi connectivity index (χ1) is 7.50. The standard InChI is InChI=1S/C13H19NOS/c1-9(2)6-7-16-11-4-5-13(14)12(8-11)10(3)15/h4-5,8-9H,6-7,14H2,1-3H3. The van der Waals surface area contributed by atoms with Crippen molar-refractivity contribution in [1.82, 2.24) is 0 Å². The molecule has 0 saturated carbocycles. The third-order valence-electron chi connectivity index (χ3n) is 2.37. The van der Waals surface area contributed by atoms with E-state index in [2.05, 4.69) is 13.8 Å². The molecule has 2 nitrogen and oxygen atoms in total. The number of nitrogens with two attached hydrogens (primary N) is 1. The lowest BCUT2D eigenvalue weighted by Crippen LogP contribution is -1.99. The third-order valence-corrected chi connectivity index (χ3v) is 3.40. The minimum atomic E-state index is 0.0313. The van der Waals surface area contributed by atoms with Crippen molar-refractivity contribution in [3.63, 3.8) is 0 Å². The average Bonchev–Trinajstić information content (AvgIpc) is 2.19. The zero-order chi connectivity index (χ0) is 12.1. The van der Waals surface area contributed by atoms with Gasteiger partial charge in [-0.3, -0.25) is 4.79 Å². The average molecular weight is 237 g/mol. The van der Waals surface area contributed by atoms with Crippen LogP contribution in [0.2, 0.25) is 0 Å². The second-order valence-electron chi connectivity index (χ2n) is 4.34. The molecule has 0 bridgehead atoms. The molecule has 0 amide bonds. The van der Waals surface area contributed by atoms with Crippen LogP contribution in [-0.2, 0) is 0 Å². The topological polar surface area (TPSA) is 43.1 Å². The second-order valence-corrected chi connectivity index (χ2v) is 5.50. The van der Waals surface area contributed by atoms with Crippen LogP contribution in [0.5, 0.6) is 0 Å². The largest absolute Gasteiger partial charge is 0.398 e. The number of nitrogen functional groups attached to an aromatic ring is 1. The Bertz CT molecular complexity index is 374. The summed E-state index contributed by atoms with van der Waals surface area (Å²) < 4.78 is 0. The summed E-state index contributed by atoms with van der Waals surface area (Å²) >= 11 is 1.78. The predicted molar refractivity (Wildman–Crippen MR) is 71.0 cm³/mol. The number of carbonyl (C=O) groups is 1. The molecule has 88 valence electrons. The lowest BCUT2D eigenvalue weighted by molar-refractivity contribution is 0.101. The van der Waals surface area contributed by atoms with Gasteiger partial charge >= 0.3 is 0 Å². The van der Waals surface area contributed by atoms with Crippen LogP contribution in [0.4, 0.5) is 5.69 Å². The molecule has 0 unspecified atom stereocenters. The van der Waals surface area contributed by atoms with Gasteiger partial charge in [0.1, 0.15) is 0 Å². The Balaban J connectivity index is 2.68. The van der Waals surface area contributed by atoms with Crippen molar-refractivity contribution in [1.29, 1.82) is 0 Å². The fourth-order valence-corrected chi connectivity index (χ4v) is 2.53. The van der Waals surface area contributed by atoms with Crippen LogP contribution >= 0.6 is 11.8 Å². The molecule has 16 heavy (non-hydrogen) atoms. The van der Waals surface area contributed by atoms with Gasteiger partial charge in [0.05, 0.1) is 0 Å². The van der Waals surface area contributed by atoms with Crippen LogP contribution in [0, 0.1) is 5.92 Å². The van der Waals surface area contributed by atoms with Crippen molar-refractivity contribution < 1.29 is 4.79 Å². The van der Waals surface area contributed by atoms with Gasteiger partial charge in [-0.2, -0.15) is 0 Å². The Morgan fingerprint density at radius 3 is 2.69 bits per heavy atom. The van der Waals surface area contributed by atoms with Crippen molar-refractivity contribution in [3.8, 4) is 0 Å². The van der Waals surface area contributed by atoms with Gasteiger partial charge in [-0.1, -0.05) is 13.8 Å². The first kappa shape index (κ1) is 13.1. The maximum absolute atomic E-state index is 11.3. The zero-order valence-corrected chi connectivity index (χ0v) is 10.9. The van der Waals surface area contributed by atoms with E-state index in [4.69, 9.17) is 5.73 Å². The summed E-state index contributed by atoms with van der Waals surface area (Å²) in [4.78, 5) is 12.4. The molecule has 2 N–H and O–H groups in total. The monoisotopic (exact) mass is 237 g/mol. The summed E-state index contributed by atoms with van der Waals surface area (Å²) in [6.45, 7) is 5.98. The first-order valence-corrected chi connectivity index (χ1v) is 6.52. The number of thioether (sulfide) groups is 1. The summed E-state index contributed by atoms with van der Waals surface area (Å²) in [5, 5.41) is 0. The fourth-order valence-electron chi connectivity index (χ4n) is 1.34. The number of anilines is 1. The van der Waals surface area contributed by atoms with Crippen molar-refractivity contribution in [3.05, 3.63) is 23.8 Å². The number of rotatable bonds is 5. The number of benzene rings is 1. The number of hydrogen-bond donors (Lipinski definition) is 1. The number of ketones is 1. The number of hydrogen-bond acceptors (Lipinski definition) is 3. The number of carbonyl (C=O) groups excluding carboxylic acids is 1. The van der Waals surface area contributed by atoms with Gasteiger partial charge in [-0.15, -0.1) is 11.8 Å². The molecule has 0 heterocycles. The highest BCUT2D eigenvalue weighted by molar-refractivity contribution is 7.99. The third kappa shape index (κ3) is 3.89. The van der Waals surface area contributed by atoms with E-state index in [9.17, 15) is 4.79 Å². The molecule has 0 aliphatic heterocycles. The molecular formula is C13H19NOS. The van der Waals surface area contributed by atoms with Gasteiger partial charge in [0.2, 0.25) is 0 Å². The van der Waals surface area contributed by atoms with Crippen molar-refractivity contribution in [2.75, 3.05) is 11.5 Å². The summed E-state index contributed by atoms with van der Waals surface area (Å²) in [6.07, 6.45) is 1.18. The fraction of sp³-hybridized carbons (Fsp3) is 0.462. The molecular weight excluding hydrogens is 218 g/mol. The molecule has 1 aromatic carbocycles. The summed E-state index contributed by atoms with van der Waals surface area (Å²) in [5.74, 6) is 1.83. The lowest BCUT2D eigenvalue weighted by atomic mass is 10.1. The Hall–Kier alpha value is -0.960. The van der Waals surface area contributed by atoms with Gasteiger partial charge in [-0.25, -0.2) is 0 Å². The van der Waals surface area contributed by atoms with Gasteiger partial charge < -0.3 is 5.73 Å². The molecule has 3 heteroatoms. The Morgan fingerprint density at radius 2 is 2.12 bits per heavy atom. The normalized spacial score (nSPS) is 10.8. The van der Waals surface area contributed by atoms with Crippen LogP contribution in [-0.4, -0.2) is 11.5 Å². The van der Waals surface area contributed by atoms with E-state index in [0.717, 1.165) is 10.6 Å². The minimum absolute atomic E-state index is 0.0313. The van der Waals surface area contributed by atoms with E-state index >= 15 is 0 Å². The van der Waals surface area contributed by atoms with E-state index in [1.54, 1.807) is 18.7 Å². The van der Waals surface area contributed by atoms with E-state index < -0.39 is 0 Å². The van der Waals surface area contributed by atoms with Crippen LogP contribution < -0.4 is 5.73 Å². The first-order valence-electron chi connectivity index (χ1n) is 5.54. The summed E-state index contributed by atoms with van der Waals surface area (Å²) in [6, 6.07) is 5.68. The Labute approximate surface area is 102 Å². The second kappa shape index (κ2) is 5.94. The van der Waals surface area contributed by atoms with E-state index in [0.29, 0.717) is 17.2 Å². The number of Topliss-reactive ketones (excluding diaryl/α,β-unsaturated/α-hetero) is 1. The quantitative estimate of drug-likeness (QED) is 0.483. The maximum Gasteiger partial charge on any atom is 0.161 e. The molecule has 0 radical (unpaired) electrons. The van der Waals surface area contributed by atoms with Crippen LogP contribution in [0.3, 0.4) is 0 Å². The molecule has 0 aromatic heterocycles. The Morgan fingerprint density at radius 1 is 1.44 bits per heavy atom. The Kier molecular flexibility index (Phi) is 4.87. The van der Waals surface area contributed by atoms with Gasteiger partial charge in [0, 0.05) is 16.1 Å². The van der Waals surface area contributed by atoms with Gasteiger partial charge in [0.25, 0.3) is 0 Å². The van der Waals surface area contributed by atoms with Crippen molar-refractivity contribution in [2.45, 2.75) is 32.1 Å². The van der Waals surface area contributed by atoms with Crippen LogP contribution in [0.15, 0.2) is 23.1 Å². The predicted octanol–water partition coefficient (Wildman–Crippen LogP) is 3.61. The highest BCUT2D eigenvalue weighted by atomic mass is 32.2. The summed E-state index contributed by atoms with van der Waals surface area (Å²) in [7, 11) is 0. The highest BCUT2D eigenvalue weighted by Gasteiger charge is 2.06. The lowest BCUT2D eigenvalue weighted by Gasteiger charge is -2.07. The van der Waals surface area contributed by atoms with E-state index in [1.165, 1.54) is 6.42 Å². The minimum Gasteiger partial charge on any atom is -0.398 e.